The largest absolute Gasteiger partial charge is 0.491 e. The second-order valence-electron chi connectivity index (χ2n) is 3.79. The number of anilines is 1. The first kappa shape index (κ1) is 11.1. The minimum absolute atomic E-state index is 0.194. The molecule has 3 rings (SSSR count). The van der Waals surface area contributed by atoms with Gasteiger partial charge < -0.3 is 14.8 Å². The van der Waals surface area contributed by atoms with Crippen molar-refractivity contribution in [3.63, 3.8) is 0 Å². The highest BCUT2D eigenvalue weighted by atomic mass is 35.5. The Kier molecular flexibility index (Phi) is 2.31. The first-order chi connectivity index (χ1) is 8.69. The summed E-state index contributed by atoms with van der Waals surface area (Å²) < 4.78 is 10.5. The smallest absolute Gasteiger partial charge is 0.256 e. The molecule has 92 valence electrons. The molecule has 0 unspecified atom stereocenters. The summed E-state index contributed by atoms with van der Waals surface area (Å²) in [6.45, 7) is 0. The lowest BCUT2D eigenvalue weighted by molar-refractivity contribution is 0.103. The van der Waals surface area contributed by atoms with Crippen molar-refractivity contribution in [1.82, 2.24) is 4.98 Å². The van der Waals surface area contributed by atoms with Crippen LogP contribution in [0, 0.1) is 0 Å². The van der Waals surface area contributed by atoms with E-state index < -0.39 is 0 Å². The monoisotopic (exact) mass is 264 g/mol. The van der Waals surface area contributed by atoms with E-state index >= 15 is 0 Å². The third kappa shape index (κ3) is 1.22. The summed E-state index contributed by atoms with van der Waals surface area (Å²) in [6, 6.07) is 1.65. The van der Waals surface area contributed by atoms with Crippen molar-refractivity contribution < 1.29 is 14.3 Å². The second-order valence-corrected chi connectivity index (χ2v) is 4.17. The first-order valence-corrected chi connectivity index (χ1v) is 5.60. The Morgan fingerprint density at radius 1 is 1.28 bits per heavy atom. The van der Waals surface area contributed by atoms with E-state index in [9.17, 15) is 4.79 Å². The van der Waals surface area contributed by atoms with Crippen molar-refractivity contribution >= 4 is 34.1 Å². The van der Waals surface area contributed by atoms with Crippen LogP contribution in [0.15, 0.2) is 12.3 Å². The van der Waals surface area contributed by atoms with Gasteiger partial charge in [-0.15, -0.1) is 0 Å². The van der Waals surface area contributed by atoms with Gasteiger partial charge in [0.05, 0.1) is 31.0 Å². The van der Waals surface area contributed by atoms with E-state index in [1.165, 1.54) is 14.2 Å². The van der Waals surface area contributed by atoms with Crippen molar-refractivity contribution in [3.8, 4) is 11.5 Å². The number of carbonyl (C=O) groups excluding carboxylic acids is 1. The summed E-state index contributed by atoms with van der Waals surface area (Å²) in [7, 11) is 2.99. The van der Waals surface area contributed by atoms with Crippen LogP contribution in [0.3, 0.4) is 0 Å². The van der Waals surface area contributed by atoms with E-state index in [0.29, 0.717) is 38.7 Å². The van der Waals surface area contributed by atoms with Crippen molar-refractivity contribution in [2.75, 3.05) is 19.5 Å². The average molecular weight is 265 g/mol. The first-order valence-electron chi connectivity index (χ1n) is 5.22. The molecule has 1 aromatic heterocycles. The van der Waals surface area contributed by atoms with Gasteiger partial charge in [0.15, 0.2) is 11.5 Å². The second kappa shape index (κ2) is 3.74. The van der Waals surface area contributed by atoms with Crippen LogP contribution in [0.1, 0.15) is 10.4 Å². The van der Waals surface area contributed by atoms with Crippen LogP contribution >= 0.6 is 11.6 Å². The lowest BCUT2D eigenvalue weighted by Gasteiger charge is -2.13. The molecule has 1 aliphatic heterocycles. The van der Waals surface area contributed by atoms with Gasteiger partial charge in [-0.25, -0.2) is 0 Å². The zero-order valence-corrected chi connectivity index (χ0v) is 10.5. The van der Waals surface area contributed by atoms with Crippen molar-refractivity contribution in [2.45, 2.75) is 0 Å². The highest BCUT2D eigenvalue weighted by molar-refractivity contribution is 6.39. The molecular formula is C12H9ClN2O3. The minimum Gasteiger partial charge on any atom is -0.491 e. The van der Waals surface area contributed by atoms with E-state index in [-0.39, 0.29) is 5.91 Å². The lowest BCUT2D eigenvalue weighted by atomic mass is 10.1. The van der Waals surface area contributed by atoms with Gasteiger partial charge >= 0.3 is 0 Å². The number of amides is 1. The van der Waals surface area contributed by atoms with E-state index in [1.807, 2.05) is 0 Å². The summed E-state index contributed by atoms with van der Waals surface area (Å²) in [4.78, 5) is 16.0. The van der Waals surface area contributed by atoms with Crippen molar-refractivity contribution in [3.05, 3.63) is 22.8 Å². The number of aromatic nitrogens is 1. The third-order valence-electron chi connectivity index (χ3n) is 2.93. The molecule has 0 fully saturated rings. The summed E-state index contributed by atoms with van der Waals surface area (Å²) in [5, 5.41) is 3.76. The maximum Gasteiger partial charge on any atom is 0.256 e. The molecule has 1 amide bonds. The molecule has 1 aromatic carbocycles. The topological polar surface area (TPSA) is 60.5 Å². The van der Waals surface area contributed by atoms with Gasteiger partial charge in [-0.3, -0.25) is 9.78 Å². The Bertz CT molecular complexity index is 685. The molecule has 0 aliphatic carbocycles. The summed E-state index contributed by atoms with van der Waals surface area (Å²) in [5.74, 6) is 0.587. The number of carbonyl (C=O) groups is 1. The van der Waals surface area contributed by atoms with Gasteiger partial charge in [0.1, 0.15) is 5.02 Å². The Balaban J connectivity index is 2.53. The van der Waals surface area contributed by atoms with Crippen LogP contribution in [-0.4, -0.2) is 25.1 Å². The van der Waals surface area contributed by atoms with Crippen LogP contribution in [0.4, 0.5) is 5.69 Å². The maximum atomic E-state index is 11.8. The Hall–Kier alpha value is -2.01. The molecule has 0 radical (unpaired) electrons. The van der Waals surface area contributed by atoms with Gasteiger partial charge in [-0.1, -0.05) is 11.6 Å². The fourth-order valence-electron chi connectivity index (χ4n) is 2.18. The van der Waals surface area contributed by atoms with E-state index in [0.717, 1.165) is 0 Å². The summed E-state index contributed by atoms with van der Waals surface area (Å²) in [6.07, 6.45) is 1.55. The van der Waals surface area contributed by atoms with Crippen LogP contribution in [0.2, 0.25) is 5.02 Å². The number of benzene rings is 1. The van der Waals surface area contributed by atoms with Gasteiger partial charge in [0, 0.05) is 11.6 Å². The zero-order valence-electron chi connectivity index (χ0n) is 9.70. The van der Waals surface area contributed by atoms with Crippen LogP contribution < -0.4 is 14.8 Å². The molecule has 2 aromatic rings. The molecule has 0 saturated heterocycles. The molecule has 18 heavy (non-hydrogen) atoms. The minimum atomic E-state index is -0.194. The number of pyridine rings is 1. The molecule has 0 atom stereocenters. The molecule has 2 heterocycles. The normalized spacial score (nSPS) is 12.7. The number of hydrogen-bond acceptors (Lipinski definition) is 4. The molecule has 0 spiro atoms. The van der Waals surface area contributed by atoms with Crippen LogP contribution in [0.5, 0.6) is 11.5 Å². The molecule has 1 N–H and O–H groups in total. The predicted molar refractivity (Wildman–Crippen MR) is 67.8 cm³/mol. The number of hydrogen-bond donors (Lipinski definition) is 1. The van der Waals surface area contributed by atoms with Gasteiger partial charge in [0.25, 0.3) is 5.91 Å². The van der Waals surface area contributed by atoms with E-state index in [1.54, 1.807) is 12.3 Å². The standard InChI is InChI=1S/C12H9ClN2O3/c1-17-10-7(13)8-6-5(3-4-14-8)12(16)15-9(6)11(10)18-2/h3-4H,1-2H3,(H,15,16). The predicted octanol–water partition coefficient (Wildman–Crippen LogP) is 2.47. The fraction of sp³-hybridized carbons (Fsp3) is 0.167. The Morgan fingerprint density at radius 3 is 2.67 bits per heavy atom. The van der Waals surface area contributed by atoms with Crippen molar-refractivity contribution in [1.29, 1.82) is 0 Å². The number of rotatable bonds is 2. The van der Waals surface area contributed by atoms with E-state index in [4.69, 9.17) is 21.1 Å². The number of nitrogens with zero attached hydrogens (tertiary/aromatic N) is 1. The van der Waals surface area contributed by atoms with Gasteiger partial charge in [0.2, 0.25) is 0 Å². The summed E-state index contributed by atoms with van der Waals surface area (Å²) in [5.41, 5.74) is 1.62. The zero-order chi connectivity index (χ0) is 12.9. The average Bonchev–Trinajstić information content (AvgIpc) is 2.72. The fourth-order valence-corrected chi connectivity index (χ4v) is 2.49. The number of methoxy groups -OCH3 is 2. The SMILES string of the molecule is COc1c(OC)c2c3c(ccnc3c1Cl)C(=O)N2. The Morgan fingerprint density at radius 2 is 2.00 bits per heavy atom. The van der Waals surface area contributed by atoms with Crippen LogP contribution in [-0.2, 0) is 0 Å². The molecule has 0 saturated carbocycles. The number of nitrogens with one attached hydrogen (secondary N) is 1. The number of halogens is 1. The van der Waals surface area contributed by atoms with Crippen LogP contribution in [0.25, 0.3) is 10.9 Å². The third-order valence-corrected chi connectivity index (χ3v) is 3.28. The highest BCUT2D eigenvalue weighted by Crippen LogP contribution is 2.50. The summed E-state index contributed by atoms with van der Waals surface area (Å²) >= 11 is 6.24. The molecule has 6 heteroatoms. The molecule has 0 bridgehead atoms. The van der Waals surface area contributed by atoms with Gasteiger partial charge in [-0.2, -0.15) is 0 Å². The van der Waals surface area contributed by atoms with E-state index in [2.05, 4.69) is 10.3 Å². The highest BCUT2D eigenvalue weighted by Gasteiger charge is 2.30. The number of ether oxygens (including phenoxy) is 2. The van der Waals surface area contributed by atoms with Crippen molar-refractivity contribution in [2.24, 2.45) is 0 Å². The quantitative estimate of drug-likeness (QED) is 0.905. The molecular weight excluding hydrogens is 256 g/mol. The molecule has 5 nitrogen and oxygen atoms in total. The lowest BCUT2D eigenvalue weighted by Crippen LogP contribution is -2.05. The maximum absolute atomic E-state index is 11.8. The van der Waals surface area contributed by atoms with Gasteiger partial charge in [-0.05, 0) is 6.07 Å². The Labute approximate surface area is 108 Å². The molecule has 1 aliphatic rings.